The Bertz CT molecular complexity index is 442. The van der Waals surface area contributed by atoms with Crippen LogP contribution in [-0.2, 0) is 16.0 Å². The first kappa shape index (κ1) is 14.1. The number of esters is 1. The van der Waals surface area contributed by atoms with Crippen molar-refractivity contribution in [3.05, 3.63) is 23.5 Å². The number of nitrogens with one attached hydrogen (secondary N) is 1. The number of aromatic nitrogens is 1. The van der Waals surface area contributed by atoms with Crippen molar-refractivity contribution in [3.63, 3.8) is 0 Å². The predicted molar refractivity (Wildman–Crippen MR) is 72.3 cm³/mol. The molecule has 106 valence electrons. The van der Waals surface area contributed by atoms with Gasteiger partial charge in [0.2, 0.25) is 0 Å². The van der Waals surface area contributed by atoms with Crippen LogP contribution in [-0.4, -0.2) is 42.4 Å². The lowest BCUT2D eigenvalue weighted by atomic mass is 10.2. The summed E-state index contributed by atoms with van der Waals surface area (Å²) in [7, 11) is 0. The van der Waals surface area contributed by atoms with Crippen LogP contribution in [0.4, 0.5) is 0 Å². The Labute approximate surface area is 113 Å². The number of nitrogens with zero attached hydrogens (tertiary/aromatic N) is 1. The second kappa shape index (κ2) is 6.21. The van der Waals surface area contributed by atoms with E-state index in [1.54, 1.807) is 0 Å². The van der Waals surface area contributed by atoms with E-state index in [0.717, 1.165) is 25.3 Å². The summed E-state index contributed by atoms with van der Waals surface area (Å²) in [6.45, 7) is 8.70. The fraction of sp³-hybridized carbons (Fsp3) is 0.643. The Kier molecular flexibility index (Phi) is 4.61. The van der Waals surface area contributed by atoms with Crippen LogP contribution in [0.2, 0.25) is 0 Å². The van der Waals surface area contributed by atoms with Crippen LogP contribution in [0.5, 0.6) is 0 Å². The Hall–Kier alpha value is -1.33. The van der Waals surface area contributed by atoms with Crippen LogP contribution in [0.1, 0.15) is 29.9 Å². The van der Waals surface area contributed by atoms with E-state index in [4.69, 9.17) is 9.47 Å². The molecule has 0 aromatic carbocycles. The molecule has 0 bridgehead atoms. The molecule has 0 spiro atoms. The molecule has 1 aliphatic rings. The summed E-state index contributed by atoms with van der Waals surface area (Å²) in [6.07, 6.45) is 2.30. The third-order valence-corrected chi connectivity index (χ3v) is 3.37. The minimum Gasteiger partial charge on any atom is -0.462 e. The molecule has 5 heteroatoms. The number of rotatable bonds is 4. The van der Waals surface area contributed by atoms with Gasteiger partial charge in [0, 0.05) is 31.5 Å². The van der Waals surface area contributed by atoms with Crippen LogP contribution in [0.3, 0.4) is 0 Å². The Morgan fingerprint density at radius 2 is 2.37 bits per heavy atom. The first-order valence-corrected chi connectivity index (χ1v) is 6.80. The zero-order valence-corrected chi connectivity index (χ0v) is 11.8. The summed E-state index contributed by atoms with van der Waals surface area (Å²) in [5, 5.41) is 3.34. The summed E-state index contributed by atoms with van der Waals surface area (Å²) in [5.74, 6) is -0.255. The van der Waals surface area contributed by atoms with E-state index in [1.165, 1.54) is 0 Å². The van der Waals surface area contributed by atoms with E-state index in [1.807, 2.05) is 26.1 Å². The smallest absolute Gasteiger partial charge is 0.339 e. The molecular weight excluding hydrogens is 244 g/mol. The quantitative estimate of drug-likeness (QED) is 0.836. The minimum atomic E-state index is -0.255. The van der Waals surface area contributed by atoms with E-state index in [0.29, 0.717) is 12.2 Å². The highest BCUT2D eigenvalue weighted by molar-refractivity contribution is 5.90. The van der Waals surface area contributed by atoms with E-state index >= 15 is 0 Å². The molecule has 0 aliphatic carbocycles. The van der Waals surface area contributed by atoms with Crippen LogP contribution < -0.4 is 5.32 Å². The second-order valence-corrected chi connectivity index (χ2v) is 4.91. The number of morpholine rings is 1. The molecule has 1 N–H and O–H groups in total. The molecule has 0 saturated carbocycles. The van der Waals surface area contributed by atoms with Crippen LogP contribution in [0, 0.1) is 6.92 Å². The Balaban J connectivity index is 2.03. The highest BCUT2D eigenvalue weighted by Gasteiger charge is 2.21. The number of ether oxygens (including phenoxy) is 2. The van der Waals surface area contributed by atoms with Gasteiger partial charge in [0.15, 0.2) is 0 Å². The Morgan fingerprint density at radius 1 is 1.58 bits per heavy atom. The normalized spacial score (nSPS) is 23.3. The first-order valence-electron chi connectivity index (χ1n) is 6.80. The van der Waals surface area contributed by atoms with Gasteiger partial charge in [0.25, 0.3) is 0 Å². The predicted octanol–water partition coefficient (Wildman–Crippen LogP) is 1.35. The van der Waals surface area contributed by atoms with Crippen LogP contribution in [0.15, 0.2) is 12.3 Å². The van der Waals surface area contributed by atoms with E-state index in [-0.39, 0.29) is 18.2 Å². The molecular formula is C14H22N2O3. The number of hydrogen-bond donors (Lipinski definition) is 1. The molecule has 0 radical (unpaired) electrons. The average molecular weight is 266 g/mol. The summed E-state index contributed by atoms with van der Waals surface area (Å²) in [6, 6.07) is 1.81. The minimum absolute atomic E-state index is 0.143. The average Bonchev–Trinajstić information content (AvgIpc) is 2.71. The van der Waals surface area contributed by atoms with Crippen molar-refractivity contribution in [2.24, 2.45) is 0 Å². The molecule has 1 unspecified atom stereocenters. The van der Waals surface area contributed by atoms with Crippen molar-refractivity contribution in [3.8, 4) is 0 Å². The first-order chi connectivity index (χ1) is 9.11. The molecule has 1 aromatic rings. The third-order valence-electron chi connectivity index (χ3n) is 3.37. The van der Waals surface area contributed by atoms with Gasteiger partial charge in [-0.3, -0.25) is 0 Å². The van der Waals surface area contributed by atoms with Gasteiger partial charge >= 0.3 is 5.97 Å². The van der Waals surface area contributed by atoms with E-state index in [2.05, 4.69) is 16.8 Å². The van der Waals surface area contributed by atoms with E-state index < -0.39 is 0 Å². The highest BCUT2D eigenvalue weighted by Crippen LogP contribution is 2.14. The van der Waals surface area contributed by atoms with Gasteiger partial charge in [-0.2, -0.15) is 0 Å². The second-order valence-electron chi connectivity index (χ2n) is 4.91. The number of hydrogen-bond acceptors (Lipinski definition) is 4. The fourth-order valence-electron chi connectivity index (χ4n) is 2.37. The van der Waals surface area contributed by atoms with Crippen molar-refractivity contribution in [2.75, 3.05) is 19.7 Å². The molecule has 2 rings (SSSR count). The molecule has 2 heterocycles. The lowest BCUT2D eigenvalue weighted by molar-refractivity contribution is -0.0350. The number of carbonyl (C=O) groups is 1. The molecule has 0 amide bonds. The summed E-state index contributed by atoms with van der Waals surface area (Å²) in [5.41, 5.74) is 1.57. The Morgan fingerprint density at radius 3 is 3.05 bits per heavy atom. The molecule has 19 heavy (non-hydrogen) atoms. The molecule has 1 fully saturated rings. The van der Waals surface area contributed by atoms with Gasteiger partial charge in [0.1, 0.15) is 0 Å². The van der Waals surface area contributed by atoms with Gasteiger partial charge in [0.05, 0.1) is 24.4 Å². The summed E-state index contributed by atoms with van der Waals surface area (Å²) in [4.78, 5) is 11.7. The van der Waals surface area contributed by atoms with Crippen LogP contribution in [0.25, 0.3) is 0 Å². The summed E-state index contributed by atoms with van der Waals surface area (Å²) >= 11 is 0. The fourth-order valence-corrected chi connectivity index (χ4v) is 2.37. The van der Waals surface area contributed by atoms with Crippen molar-refractivity contribution in [2.45, 2.75) is 39.5 Å². The van der Waals surface area contributed by atoms with Gasteiger partial charge in [-0.1, -0.05) is 0 Å². The number of carbonyl (C=O) groups excluding carboxylic acids is 1. The van der Waals surface area contributed by atoms with Gasteiger partial charge in [-0.25, -0.2) is 4.79 Å². The zero-order valence-electron chi connectivity index (χ0n) is 11.8. The van der Waals surface area contributed by atoms with E-state index in [9.17, 15) is 4.79 Å². The molecule has 1 saturated heterocycles. The topological polar surface area (TPSA) is 52.5 Å². The maximum absolute atomic E-state index is 11.7. The summed E-state index contributed by atoms with van der Waals surface area (Å²) < 4.78 is 12.9. The lowest BCUT2D eigenvalue weighted by Gasteiger charge is -2.29. The van der Waals surface area contributed by atoms with Crippen molar-refractivity contribution in [1.29, 1.82) is 0 Å². The van der Waals surface area contributed by atoms with Gasteiger partial charge in [-0.05, 0) is 26.8 Å². The molecule has 1 aromatic heterocycles. The van der Waals surface area contributed by atoms with Crippen molar-refractivity contribution in [1.82, 2.24) is 9.88 Å². The zero-order chi connectivity index (χ0) is 13.8. The molecule has 5 nitrogen and oxygen atoms in total. The lowest BCUT2D eigenvalue weighted by Crippen LogP contribution is -2.45. The van der Waals surface area contributed by atoms with Gasteiger partial charge < -0.3 is 19.4 Å². The van der Waals surface area contributed by atoms with Crippen LogP contribution >= 0.6 is 0 Å². The van der Waals surface area contributed by atoms with Gasteiger partial charge in [-0.15, -0.1) is 0 Å². The van der Waals surface area contributed by atoms with Crippen molar-refractivity contribution >= 4 is 5.97 Å². The standard InChI is InChI=1S/C14H22N2O3/c1-4-18-14(17)13-5-6-16(11(13)3)9-12-8-15-7-10(2)19-12/h5-6,10,12,15H,4,7-9H2,1-3H3/t10?,12-/m0/s1. The largest absolute Gasteiger partial charge is 0.462 e. The maximum Gasteiger partial charge on any atom is 0.339 e. The third kappa shape index (κ3) is 3.36. The molecule has 2 atom stereocenters. The SMILES string of the molecule is CCOC(=O)c1ccn(C[C@@H]2CNCC(C)O2)c1C. The monoisotopic (exact) mass is 266 g/mol. The highest BCUT2D eigenvalue weighted by atomic mass is 16.5. The maximum atomic E-state index is 11.7. The molecule has 1 aliphatic heterocycles. The van der Waals surface area contributed by atoms with Crippen molar-refractivity contribution < 1.29 is 14.3 Å².